The lowest BCUT2D eigenvalue weighted by Gasteiger charge is -2.21. The van der Waals surface area contributed by atoms with Crippen LogP contribution < -0.4 is 24.8 Å². The second-order valence-corrected chi connectivity index (χ2v) is 6.47. The lowest BCUT2D eigenvalue weighted by atomic mass is 10.0. The van der Waals surface area contributed by atoms with Gasteiger partial charge in [-0.1, -0.05) is 13.8 Å². The molecular weight excluding hydrogens is 356 g/mol. The van der Waals surface area contributed by atoms with Crippen LogP contribution in [0.2, 0.25) is 0 Å². The van der Waals surface area contributed by atoms with Gasteiger partial charge in [0.05, 0.1) is 13.7 Å². The van der Waals surface area contributed by atoms with E-state index in [4.69, 9.17) is 19.3 Å². The molecule has 0 saturated heterocycles. The zero-order valence-corrected chi connectivity index (χ0v) is 15.5. The van der Waals surface area contributed by atoms with E-state index in [9.17, 15) is 14.4 Å². The van der Waals surface area contributed by atoms with Crippen LogP contribution in [0.15, 0.2) is 12.1 Å². The number of aliphatic carboxylic acids is 1. The van der Waals surface area contributed by atoms with Gasteiger partial charge in [-0.3, -0.25) is 9.59 Å². The van der Waals surface area contributed by atoms with Crippen molar-refractivity contribution in [3.8, 4) is 17.2 Å². The third-order valence-corrected chi connectivity index (χ3v) is 3.84. The molecule has 148 valence electrons. The van der Waals surface area contributed by atoms with Crippen LogP contribution in [0.1, 0.15) is 30.6 Å². The minimum absolute atomic E-state index is 0.103. The predicted octanol–water partition coefficient (Wildman–Crippen LogP) is 0.812. The van der Waals surface area contributed by atoms with Gasteiger partial charge in [-0.2, -0.15) is 0 Å². The molecule has 27 heavy (non-hydrogen) atoms. The molecule has 2 amide bonds. The van der Waals surface area contributed by atoms with Crippen LogP contribution in [-0.2, 0) is 9.59 Å². The monoisotopic (exact) mass is 380 g/mol. The number of methoxy groups -OCH3 is 1. The Hall–Kier alpha value is -2.97. The SMILES string of the molecule is COc1cc(C(=O)NCC(=O)N[C@@H](CC(C)C)C(=O)O)cc2c1OCCO2. The molecule has 0 radical (unpaired) electrons. The summed E-state index contributed by atoms with van der Waals surface area (Å²) in [7, 11) is 1.45. The summed E-state index contributed by atoms with van der Waals surface area (Å²) in [6, 6.07) is 1.99. The number of amides is 2. The van der Waals surface area contributed by atoms with E-state index in [-0.39, 0.29) is 18.0 Å². The molecule has 0 spiro atoms. The predicted molar refractivity (Wildman–Crippen MR) is 95.3 cm³/mol. The number of carboxylic acids is 1. The minimum Gasteiger partial charge on any atom is -0.493 e. The highest BCUT2D eigenvalue weighted by atomic mass is 16.6. The van der Waals surface area contributed by atoms with Crippen LogP contribution in [-0.4, -0.2) is 55.8 Å². The number of benzene rings is 1. The number of carboxylic acid groups (broad SMARTS) is 1. The van der Waals surface area contributed by atoms with Gasteiger partial charge < -0.3 is 30.0 Å². The summed E-state index contributed by atoms with van der Waals surface area (Å²) < 4.78 is 16.2. The largest absolute Gasteiger partial charge is 0.493 e. The number of carbonyl (C=O) groups excluding carboxylic acids is 2. The van der Waals surface area contributed by atoms with E-state index in [1.807, 2.05) is 13.8 Å². The van der Waals surface area contributed by atoms with E-state index >= 15 is 0 Å². The number of carbonyl (C=O) groups is 3. The van der Waals surface area contributed by atoms with Gasteiger partial charge in [-0.25, -0.2) is 4.79 Å². The Bertz CT molecular complexity index is 701. The molecule has 1 atom stereocenters. The molecule has 1 aromatic rings. The highest BCUT2D eigenvalue weighted by Gasteiger charge is 2.23. The molecular formula is C18H24N2O7. The van der Waals surface area contributed by atoms with Gasteiger partial charge in [0.15, 0.2) is 11.5 Å². The molecule has 0 saturated carbocycles. The van der Waals surface area contributed by atoms with E-state index < -0.39 is 23.8 Å². The lowest BCUT2D eigenvalue weighted by Crippen LogP contribution is -2.46. The van der Waals surface area contributed by atoms with Gasteiger partial charge in [0, 0.05) is 5.56 Å². The maximum atomic E-state index is 12.3. The number of ether oxygens (including phenoxy) is 3. The lowest BCUT2D eigenvalue weighted by molar-refractivity contribution is -0.142. The Morgan fingerprint density at radius 1 is 1.22 bits per heavy atom. The van der Waals surface area contributed by atoms with E-state index in [2.05, 4.69) is 10.6 Å². The highest BCUT2D eigenvalue weighted by Crippen LogP contribution is 2.40. The molecule has 9 nitrogen and oxygen atoms in total. The van der Waals surface area contributed by atoms with Gasteiger partial charge >= 0.3 is 5.97 Å². The summed E-state index contributed by atoms with van der Waals surface area (Å²) in [6.45, 7) is 4.11. The molecule has 0 aliphatic carbocycles. The van der Waals surface area contributed by atoms with Crippen molar-refractivity contribution in [1.82, 2.24) is 10.6 Å². The fourth-order valence-corrected chi connectivity index (χ4v) is 2.61. The van der Waals surface area contributed by atoms with Crippen molar-refractivity contribution in [2.75, 3.05) is 26.9 Å². The molecule has 1 aromatic carbocycles. The molecule has 0 fully saturated rings. The van der Waals surface area contributed by atoms with Gasteiger partial charge in [0.2, 0.25) is 11.7 Å². The molecule has 0 unspecified atom stereocenters. The molecule has 1 aliphatic heterocycles. The van der Waals surface area contributed by atoms with Gasteiger partial charge in [0.25, 0.3) is 5.91 Å². The number of hydrogen-bond acceptors (Lipinski definition) is 6. The zero-order valence-electron chi connectivity index (χ0n) is 15.5. The van der Waals surface area contributed by atoms with Gasteiger partial charge in [-0.05, 0) is 24.5 Å². The van der Waals surface area contributed by atoms with Crippen molar-refractivity contribution < 1.29 is 33.7 Å². The molecule has 0 aromatic heterocycles. The first kappa shape index (κ1) is 20.3. The van der Waals surface area contributed by atoms with E-state index in [1.54, 1.807) is 0 Å². The minimum atomic E-state index is -1.11. The summed E-state index contributed by atoms with van der Waals surface area (Å²) in [6.07, 6.45) is 0.300. The fourth-order valence-electron chi connectivity index (χ4n) is 2.61. The van der Waals surface area contributed by atoms with Crippen LogP contribution in [0.4, 0.5) is 0 Å². The number of rotatable bonds is 8. The number of fused-ring (bicyclic) bond motifs is 1. The van der Waals surface area contributed by atoms with Crippen molar-refractivity contribution in [2.24, 2.45) is 5.92 Å². The van der Waals surface area contributed by atoms with Crippen LogP contribution >= 0.6 is 0 Å². The average Bonchev–Trinajstić information content (AvgIpc) is 2.64. The van der Waals surface area contributed by atoms with Crippen LogP contribution in [0.25, 0.3) is 0 Å². The highest BCUT2D eigenvalue weighted by molar-refractivity contribution is 5.98. The Kier molecular flexibility index (Phi) is 6.86. The molecule has 1 heterocycles. The molecule has 1 aliphatic rings. The topological polar surface area (TPSA) is 123 Å². The fraction of sp³-hybridized carbons (Fsp3) is 0.500. The second-order valence-electron chi connectivity index (χ2n) is 6.47. The third kappa shape index (κ3) is 5.50. The zero-order chi connectivity index (χ0) is 20.0. The maximum Gasteiger partial charge on any atom is 0.326 e. The van der Waals surface area contributed by atoms with E-state index in [1.165, 1.54) is 19.2 Å². The Balaban J connectivity index is 1.99. The molecule has 3 N–H and O–H groups in total. The first-order valence-corrected chi connectivity index (χ1v) is 8.59. The Labute approximate surface area is 157 Å². The summed E-state index contributed by atoms with van der Waals surface area (Å²) in [5.74, 6) is -0.943. The van der Waals surface area contributed by atoms with Crippen molar-refractivity contribution in [1.29, 1.82) is 0 Å². The molecule has 9 heteroatoms. The smallest absolute Gasteiger partial charge is 0.326 e. The first-order valence-electron chi connectivity index (χ1n) is 8.59. The van der Waals surface area contributed by atoms with E-state index in [0.29, 0.717) is 36.9 Å². The second kappa shape index (κ2) is 9.11. The summed E-state index contributed by atoms with van der Waals surface area (Å²) in [4.78, 5) is 35.5. The quantitative estimate of drug-likeness (QED) is 0.610. The Morgan fingerprint density at radius 2 is 1.93 bits per heavy atom. The van der Waals surface area contributed by atoms with Gasteiger partial charge in [0.1, 0.15) is 19.3 Å². The normalized spacial score (nSPS) is 13.6. The molecule has 2 rings (SSSR count). The summed E-state index contributed by atoms with van der Waals surface area (Å²) >= 11 is 0. The maximum absolute atomic E-state index is 12.3. The van der Waals surface area contributed by atoms with Crippen LogP contribution in [0, 0.1) is 5.92 Å². The van der Waals surface area contributed by atoms with Crippen molar-refractivity contribution in [3.05, 3.63) is 17.7 Å². The Morgan fingerprint density at radius 3 is 2.56 bits per heavy atom. The summed E-state index contributed by atoms with van der Waals surface area (Å²) in [5, 5.41) is 14.0. The number of nitrogens with one attached hydrogen (secondary N) is 2. The average molecular weight is 380 g/mol. The van der Waals surface area contributed by atoms with E-state index in [0.717, 1.165) is 0 Å². The number of hydrogen-bond donors (Lipinski definition) is 3. The van der Waals surface area contributed by atoms with Gasteiger partial charge in [-0.15, -0.1) is 0 Å². The molecule has 0 bridgehead atoms. The van der Waals surface area contributed by atoms with Crippen molar-refractivity contribution >= 4 is 17.8 Å². The summed E-state index contributed by atoms with van der Waals surface area (Å²) in [5.41, 5.74) is 0.237. The van der Waals surface area contributed by atoms with Crippen molar-refractivity contribution in [2.45, 2.75) is 26.3 Å². The van der Waals surface area contributed by atoms with Crippen LogP contribution in [0.3, 0.4) is 0 Å². The standard InChI is InChI=1S/C18H24N2O7/c1-10(2)6-12(18(23)24)20-15(21)9-19-17(22)11-7-13(25-3)16-14(8-11)26-4-5-27-16/h7-8,10,12H,4-6,9H2,1-3H3,(H,19,22)(H,20,21)(H,23,24)/t12-/m0/s1. The van der Waals surface area contributed by atoms with Crippen molar-refractivity contribution in [3.63, 3.8) is 0 Å². The first-order chi connectivity index (χ1) is 12.8. The van der Waals surface area contributed by atoms with Crippen LogP contribution in [0.5, 0.6) is 17.2 Å². The third-order valence-electron chi connectivity index (χ3n) is 3.84.